The Morgan fingerprint density at radius 2 is 1.57 bits per heavy atom. The van der Waals surface area contributed by atoms with E-state index in [4.69, 9.17) is 16.3 Å². The SMILES string of the molecule is CC(C)(O)C1CC(Oc2nc3nc(-c4ccc(-c5ccc(S(C)(=O)=O)cc5)cc4)c(Cl)cc3[nH]2)C1. The molecule has 0 atom stereocenters. The van der Waals surface area contributed by atoms with E-state index in [1.54, 1.807) is 30.3 Å². The van der Waals surface area contributed by atoms with Gasteiger partial charge in [0.1, 0.15) is 6.10 Å². The fourth-order valence-electron chi connectivity index (χ4n) is 4.27. The molecule has 2 heterocycles. The number of halogens is 1. The molecule has 2 aromatic carbocycles. The van der Waals surface area contributed by atoms with Gasteiger partial charge in [0, 0.05) is 11.8 Å². The summed E-state index contributed by atoms with van der Waals surface area (Å²) in [6.07, 6.45) is 2.77. The molecule has 1 aliphatic rings. The maximum atomic E-state index is 11.7. The van der Waals surface area contributed by atoms with Gasteiger partial charge < -0.3 is 14.8 Å². The second-order valence-corrected chi connectivity index (χ2v) is 12.1. The number of rotatable bonds is 6. The standard InChI is InChI=1S/C26H26ClN3O4S/c1-26(2,31)18-12-19(13-18)34-25-28-22-14-21(27)23(29-24(22)30-25)17-6-4-15(5-7-17)16-8-10-20(11-9-16)35(3,32)33/h4-11,14,18-19,31H,12-13H2,1-3H3,(H,28,29,30). The first-order chi connectivity index (χ1) is 16.5. The van der Waals surface area contributed by atoms with Crippen LogP contribution in [0, 0.1) is 5.92 Å². The van der Waals surface area contributed by atoms with Gasteiger partial charge in [-0.25, -0.2) is 13.4 Å². The number of ether oxygens (including phenoxy) is 1. The number of hydrogen-bond acceptors (Lipinski definition) is 6. The highest BCUT2D eigenvalue weighted by Gasteiger charge is 2.40. The van der Waals surface area contributed by atoms with Crippen LogP contribution in [-0.2, 0) is 9.84 Å². The highest BCUT2D eigenvalue weighted by Crippen LogP contribution is 2.38. The second kappa shape index (κ2) is 8.62. The lowest BCUT2D eigenvalue weighted by Crippen LogP contribution is -2.45. The summed E-state index contributed by atoms with van der Waals surface area (Å²) in [5.41, 5.74) is 3.81. The van der Waals surface area contributed by atoms with Crippen LogP contribution in [-0.4, -0.2) is 46.4 Å². The lowest BCUT2D eigenvalue weighted by Gasteiger charge is -2.41. The number of imidazole rings is 1. The number of fused-ring (bicyclic) bond motifs is 1. The van der Waals surface area contributed by atoms with Crippen LogP contribution >= 0.6 is 11.6 Å². The molecule has 1 saturated carbocycles. The van der Waals surface area contributed by atoms with Gasteiger partial charge >= 0.3 is 0 Å². The van der Waals surface area contributed by atoms with E-state index in [1.165, 1.54) is 6.26 Å². The molecule has 35 heavy (non-hydrogen) atoms. The predicted octanol–water partition coefficient (Wildman–Crippen LogP) is 5.28. The van der Waals surface area contributed by atoms with E-state index in [1.807, 2.05) is 38.1 Å². The number of benzene rings is 2. The number of nitrogens with one attached hydrogen (secondary N) is 1. The van der Waals surface area contributed by atoms with Crippen LogP contribution in [0.15, 0.2) is 59.5 Å². The third kappa shape index (κ3) is 4.91. The maximum absolute atomic E-state index is 11.7. The fourth-order valence-corrected chi connectivity index (χ4v) is 5.16. The van der Waals surface area contributed by atoms with Gasteiger partial charge in [0.15, 0.2) is 15.5 Å². The minimum atomic E-state index is -3.23. The molecule has 0 bridgehead atoms. The Morgan fingerprint density at radius 3 is 2.14 bits per heavy atom. The minimum Gasteiger partial charge on any atom is -0.461 e. The van der Waals surface area contributed by atoms with Gasteiger partial charge in [0.2, 0.25) is 0 Å². The third-order valence-electron chi connectivity index (χ3n) is 6.55. The van der Waals surface area contributed by atoms with Crippen molar-refractivity contribution in [3.05, 3.63) is 59.6 Å². The van der Waals surface area contributed by atoms with Crippen LogP contribution in [0.3, 0.4) is 0 Å². The zero-order chi connectivity index (χ0) is 25.0. The van der Waals surface area contributed by atoms with Crippen LogP contribution in [0.2, 0.25) is 5.02 Å². The van der Waals surface area contributed by atoms with E-state index < -0.39 is 15.4 Å². The van der Waals surface area contributed by atoms with Crippen molar-refractivity contribution in [3.8, 4) is 28.4 Å². The molecule has 1 aliphatic carbocycles. The van der Waals surface area contributed by atoms with E-state index >= 15 is 0 Å². The van der Waals surface area contributed by atoms with Crippen molar-refractivity contribution in [1.82, 2.24) is 15.0 Å². The van der Waals surface area contributed by atoms with Crippen molar-refractivity contribution in [2.24, 2.45) is 5.92 Å². The average molecular weight is 512 g/mol. The number of pyridine rings is 1. The Bertz CT molecular complexity index is 1480. The van der Waals surface area contributed by atoms with Gasteiger partial charge in [-0.1, -0.05) is 48.0 Å². The van der Waals surface area contributed by atoms with E-state index in [0.717, 1.165) is 29.5 Å². The lowest BCUT2D eigenvalue weighted by atomic mass is 9.72. The Kier molecular flexibility index (Phi) is 5.86. The van der Waals surface area contributed by atoms with Gasteiger partial charge in [-0.15, -0.1) is 0 Å². The van der Waals surface area contributed by atoms with Crippen LogP contribution in [0.1, 0.15) is 26.7 Å². The first kappa shape index (κ1) is 23.8. The van der Waals surface area contributed by atoms with Crippen LogP contribution in [0.25, 0.3) is 33.5 Å². The molecule has 182 valence electrons. The monoisotopic (exact) mass is 511 g/mol. The second-order valence-electron chi connectivity index (χ2n) is 9.67. The summed E-state index contributed by atoms with van der Waals surface area (Å²) in [6.45, 7) is 3.65. The lowest BCUT2D eigenvalue weighted by molar-refractivity contribution is -0.0692. The van der Waals surface area contributed by atoms with Crippen molar-refractivity contribution >= 4 is 32.6 Å². The van der Waals surface area contributed by atoms with Crippen molar-refractivity contribution in [2.45, 2.75) is 43.3 Å². The van der Waals surface area contributed by atoms with E-state index in [9.17, 15) is 13.5 Å². The Hall–Kier alpha value is -2.94. The van der Waals surface area contributed by atoms with Gasteiger partial charge in [0.25, 0.3) is 6.01 Å². The van der Waals surface area contributed by atoms with Gasteiger partial charge in [0.05, 0.1) is 26.7 Å². The smallest absolute Gasteiger partial charge is 0.296 e. The summed E-state index contributed by atoms with van der Waals surface area (Å²) in [5.74, 6) is 0.219. The maximum Gasteiger partial charge on any atom is 0.296 e. The molecular formula is C26H26ClN3O4S. The number of aromatic nitrogens is 3. The van der Waals surface area contributed by atoms with Gasteiger partial charge in [-0.05, 0) is 61.9 Å². The normalized spacial score (nSPS) is 18.4. The summed E-state index contributed by atoms with van der Waals surface area (Å²) >= 11 is 6.54. The fraction of sp³-hybridized carbons (Fsp3) is 0.308. The molecule has 0 aliphatic heterocycles. The van der Waals surface area contributed by atoms with Crippen LogP contribution in [0.5, 0.6) is 6.01 Å². The predicted molar refractivity (Wildman–Crippen MR) is 136 cm³/mol. The Labute approximate surface area is 209 Å². The third-order valence-corrected chi connectivity index (χ3v) is 7.97. The van der Waals surface area contributed by atoms with Crippen molar-refractivity contribution in [1.29, 1.82) is 0 Å². The Morgan fingerprint density at radius 1 is 1.00 bits per heavy atom. The van der Waals surface area contributed by atoms with Crippen molar-refractivity contribution in [2.75, 3.05) is 6.26 Å². The minimum absolute atomic E-state index is 0.0148. The molecule has 9 heteroatoms. The summed E-state index contributed by atoms with van der Waals surface area (Å²) in [4.78, 5) is 12.6. The van der Waals surface area contributed by atoms with E-state index in [-0.39, 0.29) is 12.0 Å². The van der Waals surface area contributed by atoms with Gasteiger partial charge in [-0.3, -0.25) is 0 Å². The molecule has 0 radical (unpaired) electrons. The van der Waals surface area contributed by atoms with E-state index in [2.05, 4.69) is 15.0 Å². The number of nitrogens with zero attached hydrogens (tertiary/aromatic N) is 2. The number of aliphatic hydroxyl groups is 1. The number of aromatic amines is 1. The molecule has 4 aromatic rings. The molecule has 2 aromatic heterocycles. The van der Waals surface area contributed by atoms with Crippen molar-refractivity contribution in [3.63, 3.8) is 0 Å². The van der Waals surface area contributed by atoms with Crippen LogP contribution in [0.4, 0.5) is 0 Å². The zero-order valence-corrected chi connectivity index (χ0v) is 21.2. The number of hydrogen-bond donors (Lipinski definition) is 2. The summed E-state index contributed by atoms with van der Waals surface area (Å²) < 4.78 is 29.3. The summed E-state index contributed by atoms with van der Waals surface area (Å²) in [5, 5.41) is 10.6. The molecule has 7 nitrogen and oxygen atoms in total. The van der Waals surface area contributed by atoms with Gasteiger partial charge in [-0.2, -0.15) is 4.98 Å². The highest BCUT2D eigenvalue weighted by atomic mass is 35.5. The summed E-state index contributed by atoms with van der Waals surface area (Å²) in [7, 11) is -3.23. The molecule has 0 amide bonds. The quantitative estimate of drug-likeness (QED) is 0.365. The highest BCUT2D eigenvalue weighted by molar-refractivity contribution is 7.90. The molecule has 5 rings (SSSR count). The van der Waals surface area contributed by atoms with E-state index in [0.29, 0.717) is 32.8 Å². The molecule has 1 fully saturated rings. The molecule has 2 N–H and O–H groups in total. The molecule has 0 spiro atoms. The average Bonchev–Trinajstić information content (AvgIpc) is 3.15. The topological polar surface area (TPSA) is 105 Å². The first-order valence-corrected chi connectivity index (χ1v) is 13.6. The van der Waals surface area contributed by atoms with Crippen molar-refractivity contribution < 1.29 is 18.3 Å². The first-order valence-electron chi connectivity index (χ1n) is 11.3. The van der Waals surface area contributed by atoms with Crippen LogP contribution < -0.4 is 4.74 Å². The molecule has 0 unspecified atom stereocenters. The molecular weight excluding hydrogens is 486 g/mol. The summed E-state index contributed by atoms with van der Waals surface area (Å²) in [6, 6.07) is 16.7. The largest absolute Gasteiger partial charge is 0.461 e. The number of sulfone groups is 1. The number of H-pyrrole nitrogens is 1. The zero-order valence-electron chi connectivity index (χ0n) is 19.6. The Balaban J connectivity index is 1.34. The molecule has 0 saturated heterocycles.